The molecule has 5 atom stereocenters. The molecule has 0 spiro atoms. The molecule has 1 aromatic heterocycles. The molecule has 0 bridgehead atoms. The van der Waals surface area contributed by atoms with Gasteiger partial charge in [0.1, 0.15) is 24.2 Å². The van der Waals surface area contributed by atoms with Crippen LogP contribution in [-0.4, -0.2) is 81.0 Å². The van der Waals surface area contributed by atoms with Crippen molar-refractivity contribution in [3.63, 3.8) is 0 Å². The Kier molecular flexibility index (Phi) is 13.3. The Balaban J connectivity index is 2.31. The summed E-state index contributed by atoms with van der Waals surface area (Å²) in [6.45, 7) is 8.64. The van der Waals surface area contributed by atoms with E-state index in [0.717, 1.165) is 10.9 Å². The van der Waals surface area contributed by atoms with Gasteiger partial charge in [-0.2, -0.15) is 0 Å². The maximum atomic E-state index is 13.6. The number of carbonyl (C=O) groups excluding carboxylic acids is 4. The lowest BCUT2D eigenvalue weighted by molar-refractivity contribution is -0.142. The second-order valence-corrected chi connectivity index (χ2v) is 11.8. The molecule has 14 nitrogen and oxygen atoms in total. The average Bonchev–Trinajstić information content (AvgIpc) is 3.33. The zero-order valence-electron chi connectivity index (χ0n) is 25.7. The fraction of sp³-hybridized carbons (Fsp3) is 0.533. The molecule has 0 fully saturated rings. The standard InChI is InChI=1S/C30H44N6O8/c1-15(2)10-22(34-26(39)20(31)13-25(37)38)28(41)35-23(11-16(3)4)29(42)36-24(27(40)33-17(5)30(43)44)12-18-14-32-21-9-7-6-8-19(18)21/h6-9,14-17,20,22-24,32H,10-13,31H2,1-5H3,(H,33,40)(H,34,39)(H,35,41)(H,36,42)(H,37,38)(H,43,44)/t17-,20-,22-,23-,24-/m0/s1. The van der Waals surface area contributed by atoms with Crippen LogP contribution < -0.4 is 27.0 Å². The molecule has 4 amide bonds. The first-order valence-electron chi connectivity index (χ1n) is 14.6. The van der Waals surface area contributed by atoms with Crippen LogP contribution in [0.1, 0.15) is 59.4 Å². The van der Waals surface area contributed by atoms with Crippen LogP contribution in [0.3, 0.4) is 0 Å². The lowest BCUT2D eigenvalue weighted by atomic mass is 9.99. The van der Waals surface area contributed by atoms with Crippen LogP contribution in [0.15, 0.2) is 30.5 Å². The summed E-state index contributed by atoms with van der Waals surface area (Å²) in [5.41, 5.74) is 7.21. The van der Waals surface area contributed by atoms with Crippen LogP contribution >= 0.6 is 0 Å². The third kappa shape index (κ3) is 11.0. The van der Waals surface area contributed by atoms with Gasteiger partial charge in [-0.1, -0.05) is 45.9 Å². The van der Waals surface area contributed by atoms with Gasteiger partial charge >= 0.3 is 11.9 Å². The van der Waals surface area contributed by atoms with Gasteiger partial charge in [-0.15, -0.1) is 0 Å². The van der Waals surface area contributed by atoms with E-state index >= 15 is 0 Å². The first kappa shape index (κ1) is 35.7. The summed E-state index contributed by atoms with van der Waals surface area (Å²) in [4.78, 5) is 78.3. The summed E-state index contributed by atoms with van der Waals surface area (Å²) >= 11 is 0. The Morgan fingerprint density at radius 3 is 1.77 bits per heavy atom. The van der Waals surface area contributed by atoms with E-state index in [2.05, 4.69) is 26.3 Å². The quantitative estimate of drug-likeness (QED) is 0.124. The Morgan fingerprint density at radius 1 is 0.750 bits per heavy atom. The van der Waals surface area contributed by atoms with E-state index in [-0.39, 0.29) is 31.1 Å². The maximum Gasteiger partial charge on any atom is 0.325 e. The molecule has 9 N–H and O–H groups in total. The number of carboxylic acids is 2. The van der Waals surface area contributed by atoms with Crippen molar-refractivity contribution in [2.45, 2.75) is 90.5 Å². The molecule has 0 saturated carbocycles. The number of nitrogens with two attached hydrogens (primary N) is 1. The minimum absolute atomic E-state index is 0.0315. The summed E-state index contributed by atoms with van der Waals surface area (Å²) in [6.07, 6.45) is 1.49. The van der Waals surface area contributed by atoms with Gasteiger partial charge in [-0.3, -0.25) is 28.8 Å². The van der Waals surface area contributed by atoms with Crippen molar-refractivity contribution >= 4 is 46.5 Å². The second kappa shape index (κ2) is 16.4. The first-order valence-corrected chi connectivity index (χ1v) is 14.6. The molecule has 1 heterocycles. The van der Waals surface area contributed by atoms with E-state index in [1.165, 1.54) is 6.92 Å². The number of hydrogen-bond donors (Lipinski definition) is 8. The van der Waals surface area contributed by atoms with Crippen molar-refractivity contribution in [2.75, 3.05) is 0 Å². The van der Waals surface area contributed by atoms with Gasteiger partial charge in [-0.05, 0) is 43.2 Å². The highest BCUT2D eigenvalue weighted by Gasteiger charge is 2.32. The SMILES string of the molecule is CC(C)C[C@H](NC(=O)[C@H](CC(C)C)NC(=O)[C@@H](N)CC(=O)O)C(=O)N[C@@H](Cc1c[nH]c2ccccc12)C(=O)N[C@@H](C)C(=O)O. The molecule has 1 aromatic carbocycles. The Morgan fingerprint density at radius 2 is 1.25 bits per heavy atom. The van der Waals surface area contributed by atoms with Crippen molar-refractivity contribution in [1.29, 1.82) is 0 Å². The lowest BCUT2D eigenvalue weighted by Gasteiger charge is -2.27. The molecular weight excluding hydrogens is 572 g/mol. The topological polar surface area (TPSA) is 233 Å². The number of hydrogen-bond acceptors (Lipinski definition) is 7. The van der Waals surface area contributed by atoms with Crippen molar-refractivity contribution in [3.8, 4) is 0 Å². The molecule has 14 heteroatoms. The minimum Gasteiger partial charge on any atom is -0.481 e. The van der Waals surface area contributed by atoms with E-state index < -0.39 is 72.2 Å². The molecule has 0 aliphatic rings. The van der Waals surface area contributed by atoms with Crippen LogP contribution in [0.4, 0.5) is 0 Å². The monoisotopic (exact) mass is 616 g/mol. The molecule has 2 rings (SSSR count). The average molecular weight is 617 g/mol. The first-order chi connectivity index (χ1) is 20.6. The number of para-hydroxylation sites is 1. The highest BCUT2D eigenvalue weighted by Crippen LogP contribution is 2.19. The largest absolute Gasteiger partial charge is 0.481 e. The van der Waals surface area contributed by atoms with E-state index in [1.807, 2.05) is 52.0 Å². The van der Waals surface area contributed by atoms with Crippen LogP contribution in [-0.2, 0) is 35.2 Å². The van der Waals surface area contributed by atoms with Gasteiger partial charge in [-0.25, -0.2) is 0 Å². The smallest absolute Gasteiger partial charge is 0.325 e. The fourth-order valence-electron chi connectivity index (χ4n) is 4.62. The predicted molar refractivity (Wildman–Crippen MR) is 162 cm³/mol. The van der Waals surface area contributed by atoms with E-state index in [0.29, 0.717) is 5.56 Å². The highest BCUT2D eigenvalue weighted by atomic mass is 16.4. The normalized spacial score (nSPS) is 14.7. The van der Waals surface area contributed by atoms with Crippen molar-refractivity contribution < 1.29 is 39.0 Å². The number of nitrogens with one attached hydrogen (secondary N) is 5. The van der Waals surface area contributed by atoms with Crippen LogP contribution in [0.2, 0.25) is 0 Å². The van der Waals surface area contributed by atoms with Crippen molar-refractivity contribution in [3.05, 3.63) is 36.0 Å². The molecule has 0 aliphatic heterocycles. The molecule has 0 radical (unpaired) electrons. The number of aliphatic carboxylic acids is 2. The molecular formula is C30H44N6O8. The molecule has 44 heavy (non-hydrogen) atoms. The predicted octanol–water partition coefficient (Wildman–Crippen LogP) is 0.648. The fourth-order valence-corrected chi connectivity index (χ4v) is 4.62. The van der Waals surface area contributed by atoms with Crippen LogP contribution in [0.25, 0.3) is 10.9 Å². The molecule has 2 aromatic rings. The zero-order chi connectivity index (χ0) is 33.1. The minimum atomic E-state index is -1.37. The van der Waals surface area contributed by atoms with E-state index in [4.69, 9.17) is 10.8 Å². The number of carbonyl (C=O) groups is 6. The summed E-state index contributed by atoms with van der Waals surface area (Å²) in [5.74, 6) is -5.52. The number of benzene rings is 1. The number of aromatic nitrogens is 1. The number of fused-ring (bicyclic) bond motifs is 1. The number of H-pyrrole nitrogens is 1. The van der Waals surface area contributed by atoms with Gasteiger partial charge in [0.15, 0.2) is 0 Å². The van der Waals surface area contributed by atoms with E-state index in [9.17, 15) is 33.9 Å². The zero-order valence-corrected chi connectivity index (χ0v) is 25.7. The molecule has 242 valence electrons. The summed E-state index contributed by atoms with van der Waals surface area (Å²) < 4.78 is 0. The number of aromatic amines is 1. The van der Waals surface area contributed by atoms with E-state index in [1.54, 1.807) is 6.20 Å². The van der Waals surface area contributed by atoms with Gasteiger partial charge in [0.05, 0.1) is 12.5 Å². The Hall–Kier alpha value is -4.46. The van der Waals surface area contributed by atoms with Gasteiger partial charge in [0.25, 0.3) is 0 Å². The third-order valence-electron chi connectivity index (χ3n) is 6.87. The number of rotatable bonds is 17. The van der Waals surface area contributed by atoms with Crippen LogP contribution in [0.5, 0.6) is 0 Å². The molecule has 0 aliphatic carbocycles. The molecule has 0 unspecified atom stereocenters. The summed E-state index contributed by atoms with van der Waals surface area (Å²) in [7, 11) is 0. The third-order valence-corrected chi connectivity index (χ3v) is 6.87. The summed E-state index contributed by atoms with van der Waals surface area (Å²) in [5, 5.41) is 29.4. The number of carboxylic acid groups (broad SMARTS) is 2. The highest BCUT2D eigenvalue weighted by molar-refractivity contribution is 5.96. The van der Waals surface area contributed by atoms with Gasteiger partial charge < -0.3 is 42.2 Å². The van der Waals surface area contributed by atoms with Crippen LogP contribution in [0, 0.1) is 11.8 Å². The summed E-state index contributed by atoms with van der Waals surface area (Å²) in [6, 6.07) is 1.38. The Bertz CT molecular complexity index is 1340. The van der Waals surface area contributed by atoms with Crippen molar-refractivity contribution in [1.82, 2.24) is 26.3 Å². The second-order valence-electron chi connectivity index (χ2n) is 11.8. The Labute approximate surface area is 255 Å². The van der Waals surface area contributed by atoms with Gasteiger partial charge in [0, 0.05) is 23.5 Å². The van der Waals surface area contributed by atoms with Crippen molar-refractivity contribution in [2.24, 2.45) is 17.6 Å². The van der Waals surface area contributed by atoms with Gasteiger partial charge in [0.2, 0.25) is 23.6 Å². The molecule has 0 saturated heterocycles. The maximum absolute atomic E-state index is 13.6. The number of amides is 4. The lowest BCUT2D eigenvalue weighted by Crippen LogP contribution is -2.59.